The largest absolute Gasteiger partial charge is 0.378 e. The van der Waals surface area contributed by atoms with Crippen LogP contribution in [0.2, 0.25) is 0 Å². The third-order valence-corrected chi connectivity index (χ3v) is 3.21. The van der Waals surface area contributed by atoms with E-state index in [1.54, 1.807) is 49.6 Å². The molecule has 0 aromatic heterocycles. The summed E-state index contributed by atoms with van der Waals surface area (Å²) < 4.78 is 5.12. The molecule has 0 unspecified atom stereocenters. The number of aliphatic hydroxyl groups excluding tert-OH is 1. The fraction of sp³-hybridized carbons (Fsp3) is 0.357. The van der Waals surface area contributed by atoms with Crippen molar-refractivity contribution in [1.82, 2.24) is 5.06 Å². The van der Waals surface area contributed by atoms with E-state index in [1.165, 1.54) is 0 Å². The number of rotatable bonds is 4. The first kappa shape index (κ1) is 13.7. The molecule has 0 saturated heterocycles. The smallest absolute Gasteiger partial charge is 0.279 e. The fourth-order valence-electron chi connectivity index (χ4n) is 2.07. The number of aliphatic hydroxyl groups is 1. The van der Waals surface area contributed by atoms with Gasteiger partial charge in [-0.3, -0.25) is 10.0 Å². The normalized spacial score (nSPS) is 23.3. The Morgan fingerprint density at radius 1 is 1.37 bits per heavy atom. The molecule has 1 amide bonds. The molecule has 0 heterocycles. The highest BCUT2D eigenvalue weighted by molar-refractivity contribution is 5.81. The molecule has 2 rings (SSSR count). The first-order valence-corrected chi connectivity index (χ1v) is 6.09. The molecule has 3 atom stereocenters. The Morgan fingerprint density at radius 3 is 2.63 bits per heavy atom. The van der Waals surface area contributed by atoms with Gasteiger partial charge in [-0.2, -0.15) is 0 Å². The van der Waals surface area contributed by atoms with Crippen LogP contribution in [0.5, 0.6) is 0 Å². The van der Waals surface area contributed by atoms with E-state index < -0.39 is 18.1 Å². The van der Waals surface area contributed by atoms with Crippen molar-refractivity contribution in [3.05, 3.63) is 48.0 Å². The molecule has 5 heteroatoms. The third kappa shape index (κ3) is 3.01. The van der Waals surface area contributed by atoms with Crippen LogP contribution < -0.4 is 0 Å². The minimum atomic E-state index is -1.36. The standard InChI is InChI=1S/C14H17NO4/c1-19-12-8-7-11(9-12)15(18)14(17)13(16)10-5-3-2-4-6-10/h2-8,11-13,16,18H,9H2,1H3/t11-,12+,13+/m0/s1. The lowest BCUT2D eigenvalue weighted by atomic mass is 10.1. The minimum Gasteiger partial charge on any atom is -0.378 e. The van der Waals surface area contributed by atoms with Crippen LogP contribution in [0, 0.1) is 0 Å². The van der Waals surface area contributed by atoms with Crippen LogP contribution in [0.1, 0.15) is 18.1 Å². The highest BCUT2D eigenvalue weighted by Crippen LogP contribution is 2.22. The van der Waals surface area contributed by atoms with Crippen molar-refractivity contribution in [3.63, 3.8) is 0 Å². The zero-order chi connectivity index (χ0) is 13.8. The van der Waals surface area contributed by atoms with Gasteiger partial charge in [0, 0.05) is 13.5 Å². The summed E-state index contributed by atoms with van der Waals surface area (Å²) >= 11 is 0. The van der Waals surface area contributed by atoms with Crippen molar-refractivity contribution < 1.29 is 19.8 Å². The van der Waals surface area contributed by atoms with Gasteiger partial charge in [0.05, 0.1) is 12.1 Å². The van der Waals surface area contributed by atoms with Crippen LogP contribution in [-0.4, -0.2) is 40.5 Å². The second-order valence-corrected chi connectivity index (χ2v) is 4.46. The van der Waals surface area contributed by atoms with Crippen molar-refractivity contribution in [1.29, 1.82) is 0 Å². The Balaban J connectivity index is 2.02. The summed E-state index contributed by atoms with van der Waals surface area (Å²) in [5.41, 5.74) is 0.455. The van der Waals surface area contributed by atoms with Gasteiger partial charge in [0.25, 0.3) is 5.91 Å². The molecule has 0 spiro atoms. The van der Waals surface area contributed by atoms with Crippen molar-refractivity contribution in [2.75, 3.05) is 7.11 Å². The van der Waals surface area contributed by atoms with E-state index in [-0.39, 0.29) is 6.10 Å². The molecule has 1 aromatic carbocycles. The van der Waals surface area contributed by atoms with Crippen molar-refractivity contribution in [3.8, 4) is 0 Å². The van der Waals surface area contributed by atoms with E-state index in [1.807, 2.05) is 0 Å². The van der Waals surface area contributed by atoms with Crippen LogP contribution >= 0.6 is 0 Å². The van der Waals surface area contributed by atoms with Gasteiger partial charge in [-0.05, 0) is 5.56 Å². The Bertz CT molecular complexity index is 460. The van der Waals surface area contributed by atoms with Crippen LogP contribution in [0.15, 0.2) is 42.5 Å². The topological polar surface area (TPSA) is 70.0 Å². The van der Waals surface area contributed by atoms with Crippen molar-refractivity contribution in [2.45, 2.75) is 24.7 Å². The molecule has 0 bridgehead atoms. The van der Waals surface area contributed by atoms with Crippen molar-refractivity contribution >= 4 is 5.91 Å². The number of carbonyl (C=O) groups is 1. The van der Waals surface area contributed by atoms with E-state index in [9.17, 15) is 15.1 Å². The monoisotopic (exact) mass is 263 g/mol. The van der Waals surface area contributed by atoms with Gasteiger partial charge in [0.1, 0.15) is 0 Å². The van der Waals surface area contributed by atoms with Crippen LogP contribution in [0.25, 0.3) is 0 Å². The molecule has 1 aliphatic rings. The van der Waals surface area contributed by atoms with Gasteiger partial charge < -0.3 is 9.84 Å². The number of hydroxylamine groups is 2. The fourth-order valence-corrected chi connectivity index (χ4v) is 2.07. The lowest BCUT2D eigenvalue weighted by Crippen LogP contribution is -2.39. The lowest BCUT2D eigenvalue weighted by molar-refractivity contribution is -0.182. The predicted molar refractivity (Wildman–Crippen MR) is 68.4 cm³/mol. The van der Waals surface area contributed by atoms with E-state index in [0.29, 0.717) is 17.0 Å². The van der Waals surface area contributed by atoms with Gasteiger partial charge >= 0.3 is 0 Å². The van der Waals surface area contributed by atoms with Crippen LogP contribution in [0.3, 0.4) is 0 Å². The number of nitrogens with zero attached hydrogens (tertiary/aromatic N) is 1. The van der Waals surface area contributed by atoms with E-state index in [0.717, 1.165) is 0 Å². The molecule has 0 fully saturated rings. The summed E-state index contributed by atoms with van der Waals surface area (Å²) in [5.74, 6) is -0.738. The maximum Gasteiger partial charge on any atom is 0.279 e. The second kappa shape index (κ2) is 5.97. The maximum absolute atomic E-state index is 12.0. The lowest BCUT2D eigenvalue weighted by Gasteiger charge is -2.24. The number of hydrogen-bond donors (Lipinski definition) is 2. The molecule has 2 N–H and O–H groups in total. The molecule has 102 valence electrons. The molecule has 19 heavy (non-hydrogen) atoms. The number of hydrogen-bond acceptors (Lipinski definition) is 4. The Labute approximate surface area is 111 Å². The maximum atomic E-state index is 12.0. The SMILES string of the molecule is CO[C@@H]1C=C[C@H](N(O)C(=O)[C@H](O)c2ccccc2)C1. The van der Waals surface area contributed by atoms with Crippen LogP contribution in [0.4, 0.5) is 0 Å². The van der Waals surface area contributed by atoms with Gasteiger partial charge in [0.15, 0.2) is 6.10 Å². The second-order valence-electron chi connectivity index (χ2n) is 4.46. The Kier molecular flexibility index (Phi) is 4.31. The number of benzene rings is 1. The van der Waals surface area contributed by atoms with E-state index >= 15 is 0 Å². The van der Waals surface area contributed by atoms with Gasteiger partial charge in [-0.1, -0.05) is 42.5 Å². The zero-order valence-electron chi connectivity index (χ0n) is 10.6. The third-order valence-electron chi connectivity index (χ3n) is 3.21. The highest BCUT2D eigenvalue weighted by Gasteiger charge is 2.31. The number of amides is 1. The average molecular weight is 263 g/mol. The summed E-state index contributed by atoms with van der Waals surface area (Å²) in [5, 5.41) is 20.4. The van der Waals surface area contributed by atoms with E-state index in [2.05, 4.69) is 0 Å². The summed E-state index contributed by atoms with van der Waals surface area (Å²) in [7, 11) is 1.57. The van der Waals surface area contributed by atoms with Crippen molar-refractivity contribution in [2.24, 2.45) is 0 Å². The summed E-state index contributed by atoms with van der Waals surface area (Å²) in [6, 6.07) is 8.06. The molecule has 0 aliphatic heterocycles. The number of ether oxygens (including phenoxy) is 1. The Hall–Kier alpha value is -1.69. The Morgan fingerprint density at radius 2 is 2.05 bits per heavy atom. The molecular weight excluding hydrogens is 246 g/mol. The molecule has 0 radical (unpaired) electrons. The van der Waals surface area contributed by atoms with Gasteiger partial charge in [0.2, 0.25) is 0 Å². The quantitative estimate of drug-likeness (QED) is 0.488. The molecule has 1 aliphatic carbocycles. The predicted octanol–water partition coefficient (Wildman–Crippen LogP) is 1.28. The minimum absolute atomic E-state index is 0.110. The zero-order valence-corrected chi connectivity index (χ0v) is 10.6. The van der Waals surface area contributed by atoms with E-state index in [4.69, 9.17) is 4.74 Å². The summed E-state index contributed by atoms with van der Waals surface area (Å²) in [6.45, 7) is 0. The molecule has 1 aromatic rings. The molecule has 0 saturated carbocycles. The van der Waals surface area contributed by atoms with Gasteiger partial charge in [-0.25, -0.2) is 5.06 Å². The first-order chi connectivity index (χ1) is 9.13. The summed E-state index contributed by atoms with van der Waals surface area (Å²) in [6.07, 6.45) is 2.50. The van der Waals surface area contributed by atoms with Crippen LogP contribution in [-0.2, 0) is 9.53 Å². The highest BCUT2D eigenvalue weighted by atomic mass is 16.5. The molecule has 5 nitrogen and oxygen atoms in total. The molecular formula is C14H17NO4. The summed E-state index contributed by atoms with van der Waals surface area (Å²) in [4.78, 5) is 12.0. The number of carbonyl (C=O) groups excluding carboxylic acids is 1. The average Bonchev–Trinajstić information content (AvgIpc) is 2.94. The number of methoxy groups -OCH3 is 1. The first-order valence-electron chi connectivity index (χ1n) is 6.09. The van der Waals surface area contributed by atoms with Gasteiger partial charge in [-0.15, -0.1) is 0 Å².